The van der Waals surface area contributed by atoms with Gasteiger partial charge in [-0.3, -0.25) is 13.9 Å². The number of carbonyl (C=O) groups is 2. The molecule has 8 nitrogen and oxygen atoms in total. The third-order valence-corrected chi connectivity index (χ3v) is 11.8. The highest BCUT2D eigenvalue weighted by atomic mass is 35.5. The van der Waals surface area contributed by atoms with Crippen molar-refractivity contribution in [1.82, 2.24) is 10.2 Å². The average molecular weight is 755 g/mol. The molecule has 1 fully saturated rings. The number of anilines is 1. The molecule has 264 valence electrons. The van der Waals surface area contributed by atoms with E-state index in [1.165, 1.54) is 28.8 Å². The Bertz CT molecular complexity index is 1870. The van der Waals surface area contributed by atoms with E-state index in [-0.39, 0.29) is 42.1 Å². The van der Waals surface area contributed by atoms with E-state index in [9.17, 15) is 18.0 Å². The number of hydrogen-bond acceptors (Lipinski definition) is 6. The molecule has 0 aliphatic heterocycles. The van der Waals surface area contributed by atoms with Gasteiger partial charge in [0.05, 0.1) is 17.2 Å². The largest absolute Gasteiger partial charge is 0.492 e. The summed E-state index contributed by atoms with van der Waals surface area (Å²) in [5.41, 5.74) is 1.61. The highest BCUT2D eigenvalue weighted by Crippen LogP contribution is 2.34. The molecule has 1 aliphatic carbocycles. The highest BCUT2D eigenvalue weighted by molar-refractivity contribution is 7.98. The summed E-state index contributed by atoms with van der Waals surface area (Å²) in [6.45, 7) is 1.41. The molecule has 12 heteroatoms. The summed E-state index contributed by atoms with van der Waals surface area (Å²) in [6, 6.07) is 26.7. The normalized spacial score (nSPS) is 13.8. The fraction of sp³-hybridized carbons (Fsp3) is 0.316. The van der Waals surface area contributed by atoms with Crippen molar-refractivity contribution in [2.75, 3.05) is 23.7 Å². The van der Waals surface area contributed by atoms with E-state index < -0.39 is 28.5 Å². The van der Waals surface area contributed by atoms with Crippen LogP contribution in [0.4, 0.5) is 5.69 Å². The summed E-state index contributed by atoms with van der Waals surface area (Å²) < 4.78 is 35.9. The third kappa shape index (κ3) is 9.34. The first-order valence-corrected chi connectivity index (χ1v) is 20.0. The van der Waals surface area contributed by atoms with E-state index in [0.29, 0.717) is 21.4 Å². The number of sulfonamides is 1. The summed E-state index contributed by atoms with van der Waals surface area (Å²) >= 11 is 14.4. The van der Waals surface area contributed by atoms with Crippen molar-refractivity contribution in [3.63, 3.8) is 0 Å². The number of hydrogen-bond donors (Lipinski definition) is 1. The molecule has 1 saturated carbocycles. The van der Waals surface area contributed by atoms with Crippen molar-refractivity contribution < 1.29 is 22.7 Å². The van der Waals surface area contributed by atoms with Gasteiger partial charge < -0.3 is 15.0 Å². The van der Waals surface area contributed by atoms with Crippen LogP contribution in [0.5, 0.6) is 5.75 Å². The molecule has 0 saturated heterocycles. The minimum atomic E-state index is -4.31. The van der Waals surface area contributed by atoms with Crippen LogP contribution in [0.3, 0.4) is 0 Å². The molecule has 4 aromatic rings. The number of nitrogens with zero attached hydrogens (tertiary/aromatic N) is 2. The molecule has 2 amide bonds. The standard InChI is InChI=1S/C38H41Cl2N3O5S2/c1-3-48-36-16-10-9-15-34(36)43(50(46,47)32-21-19-31(49-2)20-22-32)26-37(44)42(25-28-17-18-29(39)24-33(28)40)35(23-27-11-5-4-6-12-27)38(45)41-30-13-7-8-14-30/h4-6,9-12,15-22,24,30,35H,3,7-8,13-14,23,25-26H2,1-2H3,(H,41,45)/t35-/m0/s1. The molecule has 4 aromatic carbocycles. The molecule has 50 heavy (non-hydrogen) atoms. The van der Waals surface area contributed by atoms with Crippen molar-refractivity contribution in [3.8, 4) is 5.75 Å². The molecule has 0 unspecified atom stereocenters. The van der Waals surface area contributed by atoms with E-state index in [1.54, 1.807) is 61.5 Å². The second kappa shape index (κ2) is 17.5. The molecule has 0 bridgehead atoms. The van der Waals surface area contributed by atoms with Crippen LogP contribution in [-0.4, -0.2) is 56.6 Å². The first kappa shape index (κ1) is 37.6. The molecule has 1 aliphatic rings. The summed E-state index contributed by atoms with van der Waals surface area (Å²) in [5, 5.41) is 3.93. The van der Waals surface area contributed by atoms with Crippen LogP contribution >= 0.6 is 35.0 Å². The number of carbonyl (C=O) groups excluding carboxylic acids is 2. The zero-order valence-electron chi connectivity index (χ0n) is 28.1. The Morgan fingerprint density at radius 1 is 0.940 bits per heavy atom. The number of amides is 2. The Balaban J connectivity index is 1.61. The Morgan fingerprint density at radius 2 is 1.62 bits per heavy atom. The van der Waals surface area contributed by atoms with E-state index in [0.717, 1.165) is 40.4 Å². The van der Waals surface area contributed by atoms with Gasteiger partial charge in [-0.1, -0.05) is 84.6 Å². The molecule has 0 spiro atoms. The Kier molecular flexibility index (Phi) is 13.1. The van der Waals surface area contributed by atoms with Gasteiger partial charge in [-0.15, -0.1) is 11.8 Å². The fourth-order valence-corrected chi connectivity index (χ4v) is 8.39. The van der Waals surface area contributed by atoms with Crippen molar-refractivity contribution in [2.45, 2.75) is 67.4 Å². The zero-order chi connectivity index (χ0) is 35.7. The molecule has 0 radical (unpaired) electrons. The van der Waals surface area contributed by atoms with Gasteiger partial charge in [0.15, 0.2) is 0 Å². The minimum Gasteiger partial charge on any atom is -0.492 e. The maximum atomic E-state index is 14.9. The molecule has 5 rings (SSSR count). The SMILES string of the molecule is CCOc1ccccc1N(CC(=O)N(Cc1ccc(Cl)cc1Cl)[C@@H](Cc1ccccc1)C(=O)NC1CCCC1)S(=O)(=O)c1ccc(SC)cc1. The number of para-hydroxylation sites is 2. The number of rotatable bonds is 15. The van der Waals surface area contributed by atoms with Crippen molar-refractivity contribution in [1.29, 1.82) is 0 Å². The Labute approximate surface area is 309 Å². The van der Waals surface area contributed by atoms with Gasteiger partial charge in [0.1, 0.15) is 18.3 Å². The number of benzene rings is 4. The number of nitrogens with one attached hydrogen (secondary N) is 1. The fourth-order valence-electron chi connectivity index (χ4n) is 6.08. The summed E-state index contributed by atoms with van der Waals surface area (Å²) in [6.07, 6.45) is 5.85. The van der Waals surface area contributed by atoms with Crippen molar-refractivity contribution in [2.24, 2.45) is 0 Å². The third-order valence-electron chi connectivity index (χ3n) is 8.69. The Hall–Kier alpha value is -3.70. The lowest BCUT2D eigenvalue weighted by Gasteiger charge is -2.34. The predicted molar refractivity (Wildman–Crippen MR) is 202 cm³/mol. The van der Waals surface area contributed by atoms with E-state index in [4.69, 9.17) is 27.9 Å². The second-order valence-electron chi connectivity index (χ2n) is 12.0. The quantitative estimate of drug-likeness (QED) is 0.124. The van der Waals surface area contributed by atoms with Gasteiger partial charge in [-0.25, -0.2) is 8.42 Å². The van der Waals surface area contributed by atoms with Crippen LogP contribution in [0, 0.1) is 0 Å². The van der Waals surface area contributed by atoms with Crippen LogP contribution in [0.1, 0.15) is 43.7 Å². The average Bonchev–Trinajstić information content (AvgIpc) is 3.63. The van der Waals surface area contributed by atoms with Crippen LogP contribution in [0.15, 0.2) is 107 Å². The first-order chi connectivity index (χ1) is 24.1. The van der Waals surface area contributed by atoms with Gasteiger partial charge in [0.25, 0.3) is 10.0 Å². The summed E-state index contributed by atoms with van der Waals surface area (Å²) in [7, 11) is -4.31. The van der Waals surface area contributed by atoms with Crippen LogP contribution in [-0.2, 0) is 32.6 Å². The Morgan fingerprint density at radius 3 is 2.28 bits per heavy atom. The molecular formula is C38H41Cl2N3O5S2. The maximum Gasteiger partial charge on any atom is 0.264 e. The van der Waals surface area contributed by atoms with E-state index in [2.05, 4.69) is 5.32 Å². The van der Waals surface area contributed by atoms with Gasteiger partial charge in [0, 0.05) is 33.9 Å². The monoisotopic (exact) mass is 753 g/mol. The number of halogens is 2. The predicted octanol–water partition coefficient (Wildman–Crippen LogP) is 8.01. The smallest absolute Gasteiger partial charge is 0.264 e. The molecule has 0 heterocycles. The first-order valence-electron chi connectivity index (χ1n) is 16.6. The molecule has 0 aromatic heterocycles. The van der Waals surface area contributed by atoms with Gasteiger partial charge in [-0.2, -0.15) is 0 Å². The van der Waals surface area contributed by atoms with E-state index >= 15 is 0 Å². The zero-order valence-corrected chi connectivity index (χ0v) is 31.2. The second-order valence-corrected chi connectivity index (χ2v) is 15.6. The lowest BCUT2D eigenvalue weighted by molar-refractivity contribution is -0.140. The van der Waals surface area contributed by atoms with Crippen molar-refractivity contribution in [3.05, 3.63) is 118 Å². The van der Waals surface area contributed by atoms with E-state index in [1.807, 2.05) is 36.6 Å². The molecular weight excluding hydrogens is 713 g/mol. The summed E-state index contributed by atoms with van der Waals surface area (Å²) in [5.74, 6) is -0.593. The van der Waals surface area contributed by atoms with Crippen LogP contribution in [0.25, 0.3) is 0 Å². The number of thioether (sulfide) groups is 1. The summed E-state index contributed by atoms with van der Waals surface area (Å²) in [4.78, 5) is 31.4. The van der Waals surface area contributed by atoms with Crippen molar-refractivity contribution >= 4 is 62.5 Å². The topological polar surface area (TPSA) is 96.0 Å². The van der Waals surface area contributed by atoms with Crippen LogP contribution < -0.4 is 14.4 Å². The lowest BCUT2D eigenvalue weighted by Crippen LogP contribution is -2.54. The van der Waals surface area contributed by atoms with Gasteiger partial charge >= 0.3 is 0 Å². The minimum absolute atomic E-state index is 0.00366. The number of ether oxygens (including phenoxy) is 1. The van der Waals surface area contributed by atoms with Gasteiger partial charge in [0.2, 0.25) is 11.8 Å². The van der Waals surface area contributed by atoms with Gasteiger partial charge in [-0.05, 0) is 85.7 Å². The van der Waals surface area contributed by atoms with Crippen LogP contribution in [0.2, 0.25) is 10.0 Å². The molecule has 1 N–H and O–H groups in total. The highest BCUT2D eigenvalue weighted by Gasteiger charge is 2.36. The molecule has 1 atom stereocenters. The maximum absolute atomic E-state index is 14.9. The lowest BCUT2D eigenvalue weighted by atomic mass is 10.0.